The molecule has 24 heavy (non-hydrogen) atoms. The minimum atomic E-state index is -0.416. The summed E-state index contributed by atoms with van der Waals surface area (Å²) >= 11 is 0. The van der Waals surface area contributed by atoms with Gasteiger partial charge in [0, 0.05) is 32.7 Å². The molecule has 0 aromatic rings. The predicted octanol–water partition coefficient (Wildman–Crippen LogP) is 0.661. The second-order valence-corrected chi connectivity index (χ2v) is 6.82. The van der Waals surface area contributed by atoms with Gasteiger partial charge in [0.1, 0.15) is 13.4 Å². The van der Waals surface area contributed by atoms with Crippen LogP contribution in [0.15, 0.2) is 12.1 Å². The molecule has 1 fully saturated rings. The van der Waals surface area contributed by atoms with Crippen molar-refractivity contribution in [2.75, 3.05) is 65.7 Å². The molecule has 0 N–H and O–H groups in total. The van der Waals surface area contributed by atoms with E-state index in [1.54, 1.807) is 6.08 Å². The number of ether oxygens (including phenoxy) is 3. The van der Waals surface area contributed by atoms with Gasteiger partial charge in [0.25, 0.3) is 0 Å². The Bertz CT molecular complexity index is 377. The number of carbonyl (C=O) groups is 1. The molecule has 7 heteroatoms. The Morgan fingerprint density at radius 1 is 1.04 bits per heavy atom. The molecule has 0 saturated carbocycles. The van der Waals surface area contributed by atoms with Crippen LogP contribution in [0.1, 0.15) is 20.8 Å². The van der Waals surface area contributed by atoms with Crippen molar-refractivity contribution in [3.05, 3.63) is 12.1 Å². The Morgan fingerprint density at radius 2 is 1.67 bits per heavy atom. The highest BCUT2D eigenvalue weighted by Crippen LogP contribution is 2.08. The Balaban J connectivity index is 2.02. The first-order chi connectivity index (χ1) is 11.4. The third-order valence-electron chi connectivity index (χ3n) is 3.51. The third-order valence-corrected chi connectivity index (χ3v) is 3.51. The van der Waals surface area contributed by atoms with E-state index in [9.17, 15) is 4.79 Å². The zero-order valence-electron chi connectivity index (χ0n) is 15.3. The summed E-state index contributed by atoms with van der Waals surface area (Å²) in [6.45, 7) is 13.0. The van der Waals surface area contributed by atoms with Crippen molar-refractivity contribution in [2.45, 2.75) is 26.4 Å². The lowest BCUT2D eigenvalue weighted by Gasteiger charge is -2.34. The summed E-state index contributed by atoms with van der Waals surface area (Å²) in [5.41, 5.74) is -0.416. The summed E-state index contributed by atoms with van der Waals surface area (Å²) in [5.74, 6) is 1.33. The Labute approximate surface area is 147 Å². The third kappa shape index (κ3) is 10.8. The van der Waals surface area contributed by atoms with Crippen LogP contribution in [0.3, 0.4) is 0 Å². The lowest BCUT2D eigenvalue weighted by atomic mass is 10.1. The van der Waals surface area contributed by atoms with Gasteiger partial charge in [-0.1, -0.05) is 6.08 Å². The van der Waals surface area contributed by atoms with Crippen LogP contribution in [0.25, 0.3) is 0 Å². The average molecular weight is 338 g/mol. The van der Waals surface area contributed by atoms with Gasteiger partial charge in [0.05, 0.1) is 33.0 Å². The molecule has 0 bridgehead atoms. The smallest absolute Gasteiger partial charge is 0.320 e. The van der Waals surface area contributed by atoms with Gasteiger partial charge in [-0.3, -0.25) is 14.6 Å². The maximum absolute atomic E-state index is 11.8. The number of carbonyl (C=O) groups excluding carboxylic acids is 1. The molecule has 1 rings (SSSR count). The van der Waals surface area contributed by atoms with Crippen molar-refractivity contribution >= 4 is 13.8 Å². The quantitative estimate of drug-likeness (QED) is 0.331. The summed E-state index contributed by atoms with van der Waals surface area (Å²) < 4.78 is 16.2. The summed E-state index contributed by atoms with van der Waals surface area (Å²) in [6, 6.07) is 0. The maximum Gasteiger partial charge on any atom is 0.320 e. The average Bonchev–Trinajstić information content (AvgIpc) is 2.49. The highest BCUT2D eigenvalue weighted by atomic mass is 16.6. The standard InChI is InChI=1S/C17H31BN2O4/c1-17(2,3)24-16(21)15-20-8-6-19(7-9-20)10-12-23-14-13-22-11-4-5-18/h4-5H,6-15H2,1-3H3/b5-4+. The van der Waals surface area contributed by atoms with Crippen molar-refractivity contribution in [1.82, 2.24) is 9.80 Å². The molecular weight excluding hydrogens is 307 g/mol. The fourth-order valence-corrected chi connectivity index (χ4v) is 2.35. The van der Waals surface area contributed by atoms with Gasteiger partial charge in [-0.15, -0.1) is 5.98 Å². The SMILES string of the molecule is [B]/C=C/COCCOCCN1CCN(CC(=O)OC(C)(C)C)CC1. The molecule has 0 spiro atoms. The molecule has 2 radical (unpaired) electrons. The number of hydrogen-bond donors (Lipinski definition) is 0. The Hall–Kier alpha value is -0.885. The fourth-order valence-electron chi connectivity index (χ4n) is 2.35. The first-order valence-corrected chi connectivity index (χ1v) is 8.59. The van der Waals surface area contributed by atoms with Crippen molar-refractivity contribution in [3.63, 3.8) is 0 Å². The van der Waals surface area contributed by atoms with Crippen LogP contribution < -0.4 is 0 Å². The molecule has 0 aliphatic carbocycles. The lowest BCUT2D eigenvalue weighted by Crippen LogP contribution is -2.49. The zero-order chi connectivity index (χ0) is 17.8. The van der Waals surface area contributed by atoms with Crippen LogP contribution in [-0.2, 0) is 19.0 Å². The number of esters is 1. The van der Waals surface area contributed by atoms with Gasteiger partial charge in [-0.25, -0.2) is 0 Å². The van der Waals surface area contributed by atoms with Gasteiger partial charge in [-0.05, 0) is 20.8 Å². The molecule has 1 saturated heterocycles. The molecule has 6 nitrogen and oxygen atoms in total. The normalized spacial score (nSPS) is 17.5. The maximum atomic E-state index is 11.8. The van der Waals surface area contributed by atoms with Crippen LogP contribution in [-0.4, -0.2) is 94.9 Å². The van der Waals surface area contributed by atoms with E-state index >= 15 is 0 Å². The lowest BCUT2D eigenvalue weighted by molar-refractivity contribution is -0.156. The largest absolute Gasteiger partial charge is 0.459 e. The van der Waals surface area contributed by atoms with E-state index < -0.39 is 5.60 Å². The van der Waals surface area contributed by atoms with Crippen LogP contribution in [0, 0.1) is 0 Å². The molecule has 1 heterocycles. The topological polar surface area (TPSA) is 51.2 Å². The zero-order valence-corrected chi connectivity index (χ0v) is 15.3. The number of piperazine rings is 1. The monoisotopic (exact) mass is 338 g/mol. The fraction of sp³-hybridized carbons (Fsp3) is 0.824. The molecule has 1 aliphatic rings. The second kappa shape index (κ2) is 11.6. The van der Waals surface area contributed by atoms with Gasteiger partial charge in [0.2, 0.25) is 0 Å². The van der Waals surface area contributed by atoms with E-state index in [0.29, 0.717) is 33.0 Å². The van der Waals surface area contributed by atoms with Crippen LogP contribution >= 0.6 is 0 Å². The minimum Gasteiger partial charge on any atom is -0.459 e. The molecule has 0 amide bonds. The molecule has 0 atom stereocenters. The first kappa shape index (κ1) is 21.2. The molecule has 1 aliphatic heterocycles. The van der Waals surface area contributed by atoms with Gasteiger partial charge in [-0.2, -0.15) is 0 Å². The van der Waals surface area contributed by atoms with Crippen LogP contribution in [0.5, 0.6) is 0 Å². The van der Waals surface area contributed by atoms with Crippen molar-refractivity contribution < 1.29 is 19.0 Å². The van der Waals surface area contributed by atoms with E-state index in [1.165, 1.54) is 5.98 Å². The molecular formula is C17H31BN2O4. The Morgan fingerprint density at radius 3 is 2.29 bits per heavy atom. The van der Waals surface area contributed by atoms with E-state index in [-0.39, 0.29) is 5.97 Å². The number of hydrogen-bond acceptors (Lipinski definition) is 6. The number of nitrogens with zero attached hydrogens (tertiary/aromatic N) is 2. The van der Waals surface area contributed by atoms with Gasteiger partial charge >= 0.3 is 5.97 Å². The van der Waals surface area contributed by atoms with E-state index in [1.807, 2.05) is 20.8 Å². The van der Waals surface area contributed by atoms with E-state index in [0.717, 1.165) is 32.7 Å². The van der Waals surface area contributed by atoms with Crippen molar-refractivity contribution in [3.8, 4) is 0 Å². The van der Waals surface area contributed by atoms with Crippen molar-refractivity contribution in [2.24, 2.45) is 0 Å². The molecule has 136 valence electrons. The van der Waals surface area contributed by atoms with Gasteiger partial charge in [0.15, 0.2) is 0 Å². The highest BCUT2D eigenvalue weighted by Gasteiger charge is 2.22. The first-order valence-electron chi connectivity index (χ1n) is 8.59. The van der Waals surface area contributed by atoms with Crippen LogP contribution in [0.4, 0.5) is 0 Å². The van der Waals surface area contributed by atoms with Crippen LogP contribution in [0.2, 0.25) is 0 Å². The summed E-state index contributed by atoms with van der Waals surface area (Å²) in [5, 5.41) is 0. The molecule has 0 unspecified atom stereocenters. The van der Waals surface area contributed by atoms with E-state index in [4.69, 9.17) is 22.1 Å². The van der Waals surface area contributed by atoms with Gasteiger partial charge < -0.3 is 14.2 Å². The summed E-state index contributed by atoms with van der Waals surface area (Å²) in [4.78, 5) is 16.3. The highest BCUT2D eigenvalue weighted by molar-refractivity contribution is 6.16. The van der Waals surface area contributed by atoms with E-state index in [2.05, 4.69) is 9.80 Å². The van der Waals surface area contributed by atoms with Crippen molar-refractivity contribution in [1.29, 1.82) is 0 Å². The molecule has 0 aromatic heterocycles. The Kier molecular flexibility index (Phi) is 10.3. The number of rotatable bonds is 10. The predicted molar refractivity (Wildman–Crippen MR) is 95.3 cm³/mol. The second-order valence-electron chi connectivity index (χ2n) is 6.82. The molecule has 0 aromatic carbocycles. The summed E-state index contributed by atoms with van der Waals surface area (Å²) in [6.07, 6.45) is 1.76. The minimum absolute atomic E-state index is 0.149. The summed E-state index contributed by atoms with van der Waals surface area (Å²) in [7, 11) is 5.21.